The van der Waals surface area contributed by atoms with Gasteiger partial charge >= 0.3 is 0 Å². The van der Waals surface area contributed by atoms with Gasteiger partial charge in [0.05, 0.1) is 18.8 Å². The molecule has 3 nitrogen and oxygen atoms in total. The first-order valence-corrected chi connectivity index (χ1v) is 13.3. The molecule has 0 radical (unpaired) electrons. The number of fused-ring (bicyclic) bond motifs is 7. The van der Waals surface area contributed by atoms with Crippen molar-refractivity contribution >= 4 is 0 Å². The van der Waals surface area contributed by atoms with Crippen LogP contribution in [-0.2, 0) is 9.47 Å². The van der Waals surface area contributed by atoms with Crippen molar-refractivity contribution in [2.75, 3.05) is 6.61 Å². The molecule has 1 spiro atoms. The molecule has 4 aliphatic carbocycles. The zero-order valence-corrected chi connectivity index (χ0v) is 19.7. The van der Waals surface area contributed by atoms with Crippen molar-refractivity contribution in [3.63, 3.8) is 0 Å². The van der Waals surface area contributed by atoms with E-state index in [1.54, 1.807) is 0 Å². The van der Waals surface area contributed by atoms with Gasteiger partial charge in [-0.05, 0) is 104 Å². The van der Waals surface area contributed by atoms with Gasteiger partial charge in [-0.2, -0.15) is 0 Å². The van der Waals surface area contributed by atoms with Crippen molar-refractivity contribution in [3.8, 4) is 0 Å². The van der Waals surface area contributed by atoms with Crippen LogP contribution >= 0.6 is 0 Å². The number of ether oxygens (including phenoxy) is 2. The molecule has 1 N–H and O–H groups in total. The lowest BCUT2D eigenvalue weighted by molar-refractivity contribution is -0.273. The van der Waals surface area contributed by atoms with Crippen LogP contribution in [0.4, 0.5) is 0 Å². The number of hydrogen-bond acceptors (Lipinski definition) is 3. The average molecular weight is 417 g/mol. The van der Waals surface area contributed by atoms with Gasteiger partial charge in [-0.15, -0.1) is 0 Å². The molecule has 0 aromatic rings. The lowest BCUT2D eigenvalue weighted by Gasteiger charge is -2.61. The molecule has 30 heavy (non-hydrogen) atoms. The molecule has 3 heteroatoms. The van der Waals surface area contributed by atoms with Crippen LogP contribution in [0.1, 0.15) is 91.9 Å². The van der Waals surface area contributed by atoms with Crippen LogP contribution in [0, 0.1) is 52.3 Å². The monoisotopic (exact) mass is 416 g/mol. The zero-order valence-electron chi connectivity index (χ0n) is 19.7. The summed E-state index contributed by atoms with van der Waals surface area (Å²) < 4.78 is 13.4. The largest absolute Gasteiger partial charge is 0.393 e. The van der Waals surface area contributed by atoms with E-state index in [0.717, 1.165) is 49.5 Å². The summed E-state index contributed by atoms with van der Waals surface area (Å²) in [6, 6.07) is 0. The molecule has 2 aliphatic heterocycles. The van der Waals surface area contributed by atoms with Crippen LogP contribution in [0.3, 0.4) is 0 Å². The first-order valence-electron chi connectivity index (χ1n) is 13.3. The van der Waals surface area contributed by atoms with E-state index in [-0.39, 0.29) is 11.9 Å². The van der Waals surface area contributed by atoms with Gasteiger partial charge in [-0.1, -0.05) is 27.7 Å². The SMILES string of the molecule is CC1CC[C@@]2(OC1)OC1CC3C4CC[C@H]5CC(O)CC[C@@]5(C)C4CC[C@]3(C)C1C2C. The quantitative estimate of drug-likeness (QED) is 0.543. The highest BCUT2D eigenvalue weighted by molar-refractivity contribution is 5.15. The minimum absolute atomic E-state index is 0.0389. The Morgan fingerprint density at radius 1 is 0.833 bits per heavy atom. The van der Waals surface area contributed by atoms with Crippen molar-refractivity contribution in [3.05, 3.63) is 0 Å². The highest BCUT2D eigenvalue weighted by Crippen LogP contribution is 2.71. The smallest absolute Gasteiger partial charge is 0.171 e. The Kier molecular flexibility index (Phi) is 4.58. The summed E-state index contributed by atoms with van der Waals surface area (Å²) in [7, 11) is 0. The van der Waals surface area contributed by atoms with E-state index in [1.165, 1.54) is 44.9 Å². The topological polar surface area (TPSA) is 38.7 Å². The molecule has 12 atom stereocenters. The van der Waals surface area contributed by atoms with Gasteiger partial charge in [0.25, 0.3) is 0 Å². The summed E-state index contributed by atoms with van der Waals surface area (Å²) in [4.78, 5) is 0. The van der Waals surface area contributed by atoms with Crippen LogP contribution in [0.5, 0.6) is 0 Å². The van der Waals surface area contributed by atoms with E-state index < -0.39 is 0 Å². The molecule has 0 bridgehead atoms. The summed E-state index contributed by atoms with van der Waals surface area (Å²) in [6.07, 6.45) is 12.9. The minimum atomic E-state index is -0.282. The molecule has 0 aromatic heterocycles. The van der Waals surface area contributed by atoms with Crippen LogP contribution in [0.15, 0.2) is 0 Å². The Morgan fingerprint density at radius 2 is 1.63 bits per heavy atom. The molecule has 6 aliphatic rings. The van der Waals surface area contributed by atoms with Gasteiger partial charge in [0.15, 0.2) is 5.79 Å². The third kappa shape index (κ3) is 2.61. The van der Waals surface area contributed by atoms with E-state index in [9.17, 15) is 5.11 Å². The van der Waals surface area contributed by atoms with E-state index in [4.69, 9.17) is 9.47 Å². The molecule has 0 aromatic carbocycles. The molecular weight excluding hydrogens is 372 g/mol. The second-order valence-electron chi connectivity index (χ2n) is 13.1. The fourth-order valence-corrected chi connectivity index (χ4v) is 10.3. The molecule has 2 saturated heterocycles. The predicted octanol–water partition coefficient (Wildman–Crippen LogP) is 5.79. The van der Waals surface area contributed by atoms with Gasteiger partial charge in [-0.3, -0.25) is 0 Å². The van der Waals surface area contributed by atoms with Crippen LogP contribution in [0.25, 0.3) is 0 Å². The Morgan fingerprint density at radius 3 is 2.40 bits per heavy atom. The highest BCUT2D eigenvalue weighted by Gasteiger charge is 2.69. The van der Waals surface area contributed by atoms with Gasteiger partial charge in [0.2, 0.25) is 0 Å². The van der Waals surface area contributed by atoms with Crippen molar-refractivity contribution in [1.29, 1.82) is 0 Å². The maximum absolute atomic E-state index is 10.3. The minimum Gasteiger partial charge on any atom is -0.393 e. The third-order valence-corrected chi connectivity index (χ3v) is 11.9. The molecule has 8 unspecified atom stereocenters. The maximum atomic E-state index is 10.3. The first kappa shape index (κ1) is 20.5. The van der Waals surface area contributed by atoms with Gasteiger partial charge < -0.3 is 14.6 Å². The predicted molar refractivity (Wildman–Crippen MR) is 118 cm³/mol. The molecule has 170 valence electrons. The first-order chi connectivity index (χ1) is 14.3. The lowest BCUT2D eigenvalue weighted by Crippen LogP contribution is -2.55. The highest BCUT2D eigenvalue weighted by atomic mass is 16.7. The van der Waals surface area contributed by atoms with Crippen LogP contribution < -0.4 is 0 Å². The summed E-state index contributed by atoms with van der Waals surface area (Å²) in [5, 5.41) is 10.3. The number of aliphatic hydroxyl groups is 1. The van der Waals surface area contributed by atoms with E-state index >= 15 is 0 Å². The van der Waals surface area contributed by atoms with E-state index in [1.807, 2.05) is 0 Å². The molecule has 6 fully saturated rings. The number of hydrogen-bond donors (Lipinski definition) is 1. The lowest BCUT2D eigenvalue weighted by atomic mass is 9.44. The Hall–Kier alpha value is -0.120. The van der Waals surface area contributed by atoms with Gasteiger partial charge in [0.1, 0.15) is 0 Å². The molecule has 4 saturated carbocycles. The van der Waals surface area contributed by atoms with Gasteiger partial charge in [0, 0.05) is 12.3 Å². The Balaban J connectivity index is 1.26. The summed E-state index contributed by atoms with van der Waals surface area (Å²) in [5.41, 5.74) is 0.899. The molecular formula is C27H44O3. The maximum Gasteiger partial charge on any atom is 0.171 e. The number of rotatable bonds is 0. The summed E-state index contributed by atoms with van der Waals surface area (Å²) in [6.45, 7) is 10.9. The second-order valence-corrected chi connectivity index (χ2v) is 13.1. The second kappa shape index (κ2) is 6.70. The van der Waals surface area contributed by atoms with Crippen LogP contribution in [0.2, 0.25) is 0 Å². The summed E-state index contributed by atoms with van der Waals surface area (Å²) >= 11 is 0. The van der Waals surface area contributed by atoms with Crippen molar-refractivity contribution in [1.82, 2.24) is 0 Å². The molecule has 2 heterocycles. The van der Waals surface area contributed by atoms with Crippen molar-refractivity contribution < 1.29 is 14.6 Å². The Labute approximate surface area is 183 Å². The molecule has 6 rings (SSSR count). The Bertz CT molecular complexity index is 684. The zero-order chi connectivity index (χ0) is 20.9. The van der Waals surface area contributed by atoms with E-state index in [2.05, 4.69) is 27.7 Å². The normalized spacial score (nSPS) is 62.5. The van der Waals surface area contributed by atoms with Gasteiger partial charge in [-0.25, -0.2) is 0 Å². The fourth-order valence-electron chi connectivity index (χ4n) is 10.3. The molecule has 0 amide bonds. The third-order valence-electron chi connectivity index (χ3n) is 11.9. The van der Waals surface area contributed by atoms with Crippen molar-refractivity contribution in [2.24, 2.45) is 52.3 Å². The van der Waals surface area contributed by atoms with Crippen LogP contribution in [-0.4, -0.2) is 29.7 Å². The number of aliphatic hydroxyl groups excluding tert-OH is 1. The van der Waals surface area contributed by atoms with Crippen molar-refractivity contribution in [2.45, 2.75) is 110 Å². The standard InChI is InChI=1S/C27H44O3/c1-16-7-12-27(29-15-16)17(2)24-23(30-27)14-22-20-6-5-18-13-19(28)8-10-25(18,3)21(20)9-11-26(22,24)4/h16-24,28H,5-15H2,1-4H3/t16?,17?,18-,19?,20?,21?,22?,23?,24?,25+,26-,27+/m0/s1. The van der Waals surface area contributed by atoms with E-state index in [0.29, 0.717) is 34.7 Å². The summed E-state index contributed by atoms with van der Waals surface area (Å²) in [5.74, 6) is 4.93. The average Bonchev–Trinajstić information content (AvgIpc) is 3.16. The fraction of sp³-hybridized carbons (Fsp3) is 1.00.